The standard InChI is InChI=1S/C18H27N3O2/c1-3-23-17-7-6-15(12-14(17)2)19-18(22)21-11-8-16(13-21)20-9-4-5-10-20/h6-7,12,16H,3-5,8-11,13H2,1-2H3,(H,19,22). The number of amides is 2. The molecule has 3 rings (SSSR count). The number of rotatable bonds is 4. The molecule has 1 aromatic rings. The van der Waals surface area contributed by atoms with E-state index in [0.717, 1.165) is 36.5 Å². The molecular formula is C18H27N3O2. The first-order valence-electron chi connectivity index (χ1n) is 8.71. The molecule has 1 unspecified atom stereocenters. The molecule has 1 N–H and O–H groups in total. The summed E-state index contributed by atoms with van der Waals surface area (Å²) < 4.78 is 5.54. The summed E-state index contributed by atoms with van der Waals surface area (Å²) in [6, 6.07) is 6.35. The highest BCUT2D eigenvalue weighted by Gasteiger charge is 2.31. The Morgan fingerprint density at radius 3 is 2.78 bits per heavy atom. The minimum atomic E-state index is 0.00950. The average molecular weight is 317 g/mol. The highest BCUT2D eigenvalue weighted by molar-refractivity contribution is 5.89. The molecule has 2 heterocycles. The zero-order valence-corrected chi connectivity index (χ0v) is 14.2. The van der Waals surface area contributed by atoms with Crippen LogP contribution in [0.4, 0.5) is 10.5 Å². The first kappa shape index (κ1) is 16.1. The van der Waals surface area contributed by atoms with Crippen LogP contribution in [0.3, 0.4) is 0 Å². The van der Waals surface area contributed by atoms with Crippen molar-refractivity contribution in [2.75, 3.05) is 38.1 Å². The number of benzene rings is 1. The van der Waals surface area contributed by atoms with Crippen LogP contribution in [0.25, 0.3) is 0 Å². The second-order valence-corrected chi connectivity index (χ2v) is 6.48. The van der Waals surface area contributed by atoms with Crippen molar-refractivity contribution >= 4 is 11.7 Å². The Morgan fingerprint density at radius 2 is 2.09 bits per heavy atom. The summed E-state index contributed by atoms with van der Waals surface area (Å²) in [5, 5.41) is 3.02. The van der Waals surface area contributed by atoms with E-state index in [1.165, 1.54) is 25.9 Å². The molecule has 5 heteroatoms. The summed E-state index contributed by atoms with van der Waals surface area (Å²) >= 11 is 0. The van der Waals surface area contributed by atoms with Gasteiger partial charge in [-0.3, -0.25) is 4.90 Å². The summed E-state index contributed by atoms with van der Waals surface area (Å²) in [7, 11) is 0. The molecular weight excluding hydrogens is 290 g/mol. The summed E-state index contributed by atoms with van der Waals surface area (Å²) in [4.78, 5) is 16.9. The molecule has 0 saturated carbocycles. The molecule has 0 spiro atoms. The Morgan fingerprint density at radius 1 is 1.30 bits per heavy atom. The van der Waals surface area contributed by atoms with E-state index in [4.69, 9.17) is 4.74 Å². The second kappa shape index (κ2) is 7.21. The third-order valence-corrected chi connectivity index (χ3v) is 4.83. The zero-order valence-electron chi connectivity index (χ0n) is 14.2. The van der Waals surface area contributed by atoms with Crippen molar-refractivity contribution in [1.29, 1.82) is 0 Å². The zero-order chi connectivity index (χ0) is 16.2. The topological polar surface area (TPSA) is 44.8 Å². The molecule has 5 nitrogen and oxygen atoms in total. The van der Waals surface area contributed by atoms with Crippen LogP contribution in [-0.4, -0.2) is 54.7 Å². The molecule has 0 bridgehead atoms. The molecule has 23 heavy (non-hydrogen) atoms. The van der Waals surface area contributed by atoms with Gasteiger partial charge in [-0.1, -0.05) is 0 Å². The number of nitrogens with one attached hydrogen (secondary N) is 1. The number of hydrogen-bond acceptors (Lipinski definition) is 3. The van der Waals surface area contributed by atoms with Crippen LogP contribution in [-0.2, 0) is 0 Å². The van der Waals surface area contributed by atoms with Crippen LogP contribution < -0.4 is 10.1 Å². The lowest BCUT2D eigenvalue weighted by atomic mass is 10.2. The molecule has 2 amide bonds. The number of anilines is 1. The number of likely N-dealkylation sites (tertiary alicyclic amines) is 2. The predicted molar refractivity (Wildman–Crippen MR) is 92.2 cm³/mol. The third kappa shape index (κ3) is 3.78. The van der Waals surface area contributed by atoms with Gasteiger partial charge in [0, 0.05) is 24.8 Å². The Bertz CT molecular complexity index is 555. The van der Waals surface area contributed by atoms with E-state index in [2.05, 4.69) is 10.2 Å². The van der Waals surface area contributed by atoms with Crippen molar-refractivity contribution in [2.24, 2.45) is 0 Å². The maximum atomic E-state index is 12.5. The normalized spacial score (nSPS) is 21.7. The van der Waals surface area contributed by atoms with Crippen molar-refractivity contribution in [2.45, 2.75) is 39.2 Å². The molecule has 2 saturated heterocycles. The van der Waals surface area contributed by atoms with E-state index in [1.807, 2.05) is 36.9 Å². The second-order valence-electron chi connectivity index (χ2n) is 6.48. The van der Waals surface area contributed by atoms with Crippen molar-refractivity contribution in [3.05, 3.63) is 23.8 Å². The van der Waals surface area contributed by atoms with Crippen LogP contribution >= 0.6 is 0 Å². The van der Waals surface area contributed by atoms with Crippen LogP contribution in [0, 0.1) is 6.92 Å². The van der Waals surface area contributed by atoms with Gasteiger partial charge >= 0.3 is 6.03 Å². The Balaban J connectivity index is 1.56. The fourth-order valence-corrected chi connectivity index (χ4v) is 3.58. The van der Waals surface area contributed by atoms with Crippen molar-refractivity contribution < 1.29 is 9.53 Å². The van der Waals surface area contributed by atoms with Crippen LogP contribution in [0.2, 0.25) is 0 Å². The highest BCUT2D eigenvalue weighted by atomic mass is 16.5. The lowest BCUT2D eigenvalue weighted by Crippen LogP contribution is -2.38. The van der Waals surface area contributed by atoms with Gasteiger partial charge in [0.1, 0.15) is 5.75 Å². The minimum absolute atomic E-state index is 0.00950. The van der Waals surface area contributed by atoms with Gasteiger partial charge in [-0.15, -0.1) is 0 Å². The molecule has 2 aliphatic rings. The largest absolute Gasteiger partial charge is 0.494 e. The maximum Gasteiger partial charge on any atom is 0.321 e. The number of hydrogen-bond donors (Lipinski definition) is 1. The molecule has 1 aromatic carbocycles. The molecule has 0 aliphatic carbocycles. The van der Waals surface area contributed by atoms with Gasteiger partial charge in [-0.05, 0) is 70.0 Å². The number of carbonyl (C=O) groups excluding carboxylic acids is 1. The van der Waals surface area contributed by atoms with Crippen LogP contribution in [0.15, 0.2) is 18.2 Å². The van der Waals surface area contributed by atoms with Gasteiger partial charge in [0.15, 0.2) is 0 Å². The molecule has 0 aromatic heterocycles. The van der Waals surface area contributed by atoms with Crippen molar-refractivity contribution in [1.82, 2.24) is 9.80 Å². The molecule has 1 atom stereocenters. The van der Waals surface area contributed by atoms with Crippen LogP contribution in [0.5, 0.6) is 5.75 Å². The van der Waals surface area contributed by atoms with Gasteiger partial charge in [0.2, 0.25) is 0 Å². The predicted octanol–water partition coefficient (Wildman–Crippen LogP) is 3.10. The van der Waals surface area contributed by atoms with Crippen LogP contribution in [0.1, 0.15) is 31.7 Å². The molecule has 126 valence electrons. The third-order valence-electron chi connectivity index (χ3n) is 4.83. The Kier molecular flexibility index (Phi) is 5.06. The summed E-state index contributed by atoms with van der Waals surface area (Å²) in [6.07, 6.45) is 3.69. The van der Waals surface area contributed by atoms with Gasteiger partial charge in [0.25, 0.3) is 0 Å². The van der Waals surface area contributed by atoms with Gasteiger partial charge in [-0.25, -0.2) is 4.79 Å². The smallest absolute Gasteiger partial charge is 0.321 e. The summed E-state index contributed by atoms with van der Waals surface area (Å²) in [5.41, 5.74) is 1.88. The molecule has 2 aliphatic heterocycles. The van der Waals surface area contributed by atoms with E-state index < -0.39 is 0 Å². The monoisotopic (exact) mass is 317 g/mol. The van der Waals surface area contributed by atoms with Crippen molar-refractivity contribution in [3.8, 4) is 5.75 Å². The fraction of sp³-hybridized carbons (Fsp3) is 0.611. The van der Waals surface area contributed by atoms with Gasteiger partial charge in [-0.2, -0.15) is 0 Å². The van der Waals surface area contributed by atoms with Crippen molar-refractivity contribution in [3.63, 3.8) is 0 Å². The first-order valence-corrected chi connectivity index (χ1v) is 8.71. The lowest BCUT2D eigenvalue weighted by Gasteiger charge is -2.23. The average Bonchev–Trinajstić information content (AvgIpc) is 3.20. The molecule has 2 fully saturated rings. The number of carbonyl (C=O) groups is 1. The number of ether oxygens (including phenoxy) is 1. The van der Waals surface area contributed by atoms with E-state index in [1.54, 1.807) is 0 Å². The Hall–Kier alpha value is -1.75. The summed E-state index contributed by atoms with van der Waals surface area (Å²) in [6.45, 7) is 8.71. The number of nitrogens with zero attached hydrogens (tertiary/aromatic N) is 2. The van der Waals surface area contributed by atoms with Gasteiger partial charge in [0.05, 0.1) is 6.61 Å². The van der Waals surface area contributed by atoms with E-state index >= 15 is 0 Å². The molecule has 0 radical (unpaired) electrons. The van der Waals surface area contributed by atoms with E-state index in [9.17, 15) is 4.79 Å². The lowest BCUT2D eigenvalue weighted by molar-refractivity contribution is 0.210. The summed E-state index contributed by atoms with van der Waals surface area (Å²) in [5.74, 6) is 0.876. The maximum absolute atomic E-state index is 12.5. The van der Waals surface area contributed by atoms with Gasteiger partial charge < -0.3 is 15.0 Å². The number of urea groups is 1. The minimum Gasteiger partial charge on any atom is -0.494 e. The fourth-order valence-electron chi connectivity index (χ4n) is 3.58. The van der Waals surface area contributed by atoms with E-state index in [0.29, 0.717) is 12.6 Å². The van der Waals surface area contributed by atoms with E-state index in [-0.39, 0.29) is 6.03 Å². The first-order chi connectivity index (χ1) is 11.2. The quantitative estimate of drug-likeness (QED) is 0.928. The SMILES string of the molecule is CCOc1ccc(NC(=O)N2CCC(N3CCCC3)C2)cc1C. The highest BCUT2D eigenvalue weighted by Crippen LogP contribution is 2.24. The Labute approximate surface area is 138 Å². The number of aryl methyl sites for hydroxylation is 1.